The van der Waals surface area contributed by atoms with Gasteiger partial charge in [0.15, 0.2) is 5.13 Å². The molecule has 0 aliphatic carbocycles. The summed E-state index contributed by atoms with van der Waals surface area (Å²) in [6.07, 6.45) is 0.265. The van der Waals surface area contributed by atoms with Crippen molar-refractivity contribution in [1.29, 1.82) is 5.41 Å². The third-order valence-corrected chi connectivity index (χ3v) is 5.14. The van der Waals surface area contributed by atoms with Gasteiger partial charge < -0.3 is 10.1 Å². The fraction of sp³-hybridized carbons (Fsp3) is 0.182. The number of nitrogens with one attached hydrogen (secondary N) is 2. The monoisotopic (exact) mass is 425 g/mol. The molecular formula is C22H20FN3O3S. The minimum atomic E-state index is -0.952. The first-order chi connectivity index (χ1) is 14.5. The third-order valence-electron chi connectivity index (χ3n) is 4.38. The number of esters is 1. The predicted octanol–water partition coefficient (Wildman–Crippen LogP) is 4.68. The Morgan fingerprint density at radius 2 is 1.87 bits per heavy atom. The number of hydrogen-bond donors (Lipinski definition) is 2. The molecule has 0 aliphatic rings. The molecule has 8 heteroatoms. The third kappa shape index (κ3) is 5.36. The molecule has 2 N–H and O–H groups in total. The molecule has 1 amide bonds. The number of carbonyl (C=O) groups excluding carboxylic acids is 2. The SMILES string of the molecule is CCC(C(=N)C(=O)OCc1ccccc1)C(=O)Nc1nc(-c2ccc(F)cc2)cs1. The van der Waals surface area contributed by atoms with Gasteiger partial charge in [0.05, 0.1) is 11.6 Å². The first-order valence-electron chi connectivity index (χ1n) is 9.29. The highest BCUT2D eigenvalue weighted by molar-refractivity contribution is 7.14. The summed E-state index contributed by atoms with van der Waals surface area (Å²) < 4.78 is 18.2. The van der Waals surface area contributed by atoms with Crippen molar-refractivity contribution in [1.82, 2.24) is 4.98 Å². The van der Waals surface area contributed by atoms with E-state index in [1.807, 2.05) is 30.3 Å². The molecule has 1 heterocycles. The number of hydrogen-bond acceptors (Lipinski definition) is 6. The van der Waals surface area contributed by atoms with Crippen molar-refractivity contribution >= 4 is 34.1 Å². The second-order valence-electron chi connectivity index (χ2n) is 6.47. The Morgan fingerprint density at radius 1 is 1.17 bits per heavy atom. The van der Waals surface area contributed by atoms with Crippen LogP contribution in [0.5, 0.6) is 0 Å². The summed E-state index contributed by atoms with van der Waals surface area (Å²) >= 11 is 1.21. The van der Waals surface area contributed by atoms with E-state index in [-0.39, 0.29) is 18.8 Å². The molecule has 3 rings (SSSR count). The average molecular weight is 425 g/mol. The van der Waals surface area contributed by atoms with Crippen molar-refractivity contribution in [3.63, 3.8) is 0 Å². The zero-order chi connectivity index (χ0) is 21.5. The van der Waals surface area contributed by atoms with E-state index in [0.29, 0.717) is 10.8 Å². The smallest absolute Gasteiger partial charge is 0.353 e. The molecule has 0 radical (unpaired) electrons. The number of nitrogens with zero attached hydrogens (tertiary/aromatic N) is 1. The molecule has 1 unspecified atom stereocenters. The van der Waals surface area contributed by atoms with Crippen LogP contribution >= 0.6 is 11.3 Å². The summed E-state index contributed by atoms with van der Waals surface area (Å²) in [5.74, 6) is -2.62. The highest BCUT2D eigenvalue weighted by atomic mass is 32.1. The number of thiazole rings is 1. The number of carbonyl (C=O) groups is 2. The number of aromatic nitrogens is 1. The minimum Gasteiger partial charge on any atom is -0.456 e. The van der Waals surface area contributed by atoms with Crippen molar-refractivity contribution in [3.8, 4) is 11.3 Å². The first-order valence-corrected chi connectivity index (χ1v) is 10.2. The molecule has 1 atom stereocenters. The molecule has 0 bridgehead atoms. The zero-order valence-corrected chi connectivity index (χ0v) is 17.0. The van der Waals surface area contributed by atoms with Crippen LogP contribution < -0.4 is 5.32 Å². The fourth-order valence-corrected chi connectivity index (χ4v) is 3.46. The summed E-state index contributed by atoms with van der Waals surface area (Å²) in [5.41, 5.74) is 1.71. The predicted molar refractivity (Wildman–Crippen MR) is 114 cm³/mol. The molecule has 0 aliphatic heterocycles. The Hall–Kier alpha value is -3.39. The van der Waals surface area contributed by atoms with E-state index in [2.05, 4.69) is 10.3 Å². The van der Waals surface area contributed by atoms with E-state index >= 15 is 0 Å². The Labute approximate surface area is 177 Å². The summed E-state index contributed by atoms with van der Waals surface area (Å²) in [6.45, 7) is 1.75. The molecule has 0 fully saturated rings. The number of anilines is 1. The van der Waals surface area contributed by atoms with Crippen LogP contribution in [0.2, 0.25) is 0 Å². The van der Waals surface area contributed by atoms with Crippen molar-refractivity contribution in [2.75, 3.05) is 5.32 Å². The number of halogens is 1. The number of ether oxygens (including phenoxy) is 1. The second kappa shape index (κ2) is 9.89. The van der Waals surface area contributed by atoms with Crippen LogP contribution in [-0.4, -0.2) is 22.6 Å². The molecule has 6 nitrogen and oxygen atoms in total. The van der Waals surface area contributed by atoms with Crippen LogP contribution in [0.4, 0.5) is 9.52 Å². The van der Waals surface area contributed by atoms with E-state index in [0.717, 1.165) is 11.1 Å². The van der Waals surface area contributed by atoms with Gasteiger partial charge in [0.25, 0.3) is 0 Å². The van der Waals surface area contributed by atoms with Crippen LogP contribution in [0.3, 0.4) is 0 Å². The van der Waals surface area contributed by atoms with Gasteiger partial charge in [-0.15, -0.1) is 11.3 Å². The quantitative estimate of drug-likeness (QED) is 0.405. The zero-order valence-electron chi connectivity index (χ0n) is 16.2. The summed E-state index contributed by atoms with van der Waals surface area (Å²) in [7, 11) is 0. The van der Waals surface area contributed by atoms with Gasteiger partial charge in [0.1, 0.15) is 18.1 Å². The summed E-state index contributed by atoms with van der Waals surface area (Å²) in [4.78, 5) is 29.2. The molecular weight excluding hydrogens is 405 g/mol. The largest absolute Gasteiger partial charge is 0.456 e. The van der Waals surface area contributed by atoms with Gasteiger partial charge in [-0.25, -0.2) is 14.2 Å². The summed E-state index contributed by atoms with van der Waals surface area (Å²) in [6, 6.07) is 15.0. The lowest BCUT2D eigenvalue weighted by molar-refractivity contribution is -0.137. The van der Waals surface area contributed by atoms with Gasteiger partial charge in [-0.2, -0.15) is 0 Å². The van der Waals surface area contributed by atoms with Crippen LogP contribution in [0, 0.1) is 17.1 Å². The van der Waals surface area contributed by atoms with Gasteiger partial charge >= 0.3 is 5.97 Å². The highest BCUT2D eigenvalue weighted by Gasteiger charge is 2.28. The van der Waals surface area contributed by atoms with Gasteiger partial charge in [-0.05, 0) is 36.2 Å². The topological polar surface area (TPSA) is 92.1 Å². The van der Waals surface area contributed by atoms with Gasteiger partial charge in [-0.1, -0.05) is 37.3 Å². The number of rotatable bonds is 8. The normalized spacial score (nSPS) is 11.5. The van der Waals surface area contributed by atoms with Gasteiger partial charge in [0.2, 0.25) is 5.91 Å². The Balaban J connectivity index is 1.60. The Bertz CT molecular complexity index is 1040. The molecule has 0 saturated carbocycles. The molecule has 154 valence electrons. The van der Waals surface area contributed by atoms with Gasteiger partial charge in [-0.3, -0.25) is 10.2 Å². The first kappa shape index (κ1) is 21.3. The number of amides is 1. The van der Waals surface area contributed by atoms with E-state index in [1.54, 1.807) is 24.4 Å². The van der Waals surface area contributed by atoms with Crippen molar-refractivity contribution in [2.45, 2.75) is 20.0 Å². The molecule has 2 aromatic carbocycles. The number of benzene rings is 2. The molecule has 1 aromatic heterocycles. The van der Waals surface area contributed by atoms with E-state index < -0.39 is 23.5 Å². The highest BCUT2D eigenvalue weighted by Crippen LogP contribution is 2.25. The fourth-order valence-electron chi connectivity index (χ4n) is 2.74. The minimum absolute atomic E-state index is 0.0353. The van der Waals surface area contributed by atoms with Crippen molar-refractivity contribution in [2.24, 2.45) is 5.92 Å². The second-order valence-corrected chi connectivity index (χ2v) is 7.33. The van der Waals surface area contributed by atoms with Gasteiger partial charge in [0, 0.05) is 10.9 Å². The average Bonchev–Trinajstić information content (AvgIpc) is 3.22. The Kier molecular flexibility index (Phi) is 7.03. The molecule has 30 heavy (non-hydrogen) atoms. The van der Waals surface area contributed by atoms with E-state index in [4.69, 9.17) is 10.1 Å². The lowest BCUT2D eigenvalue weighted by atomic mass is 9.99. The lowest BCUT2D eigenvalue weighted by Gasteiger charge is -2.14. The van der Waals surface area contributed by atoms with Crippen LogP contribution in [0.15, 0.2) is 60.0 Å². The molecule has 0 saturated heterocycles. The summed E-state index contributed by atoms with van der Waals surface area (Å²) in [5, 5.41) is 12.8. The van der Waals surface area contributed by atoms with Crippen molar-refractivity contribution in [3.05, 3.63) is 71.4 Å². The maximum absolute atomic E-state index is 13.1. The van der Waals surface area contributed by atoms with Crippen LogP contribution in [-0.2, 0) is 20.9 Å². The van der Waals surface area contributed by atoms with Crippen molar-refractivity contribution < 1.29 is 18.7 Å². The maximum atomic E-state index is 13.1. The maximum Gasteiger partial charge on any atom is 0.353 e. The Morgan fingerprint density at radius 3 is 2.53 bits per heavy atom. The molecule has 0 spiro atoms. The van der Waals surface area contributed by atoms with Crippen LogP contribution in [0.1, 0.15) is 18.9 Å². The van der Waals surface area contributed by atoms with Crippen LogP contribution in [0.25, 0.3) is 11.3 Å². The standard InChI is InChI=1S/C22H20FN3O3S/c1-2-17(19(24)21(28)29-12-14-6-4-3-5-7-14)20(27)26-22-25-18(13-30-22)15-8-10-16(23)11-9-15/h3-11,13,17,24H,2,12H2,1H3,(H,25,26,27). The lowest BCUT2D eigenvalue weighted by Crippen LogP contribution is -2.34. The molecule has 3 aromatic rings. The van der Waals surface area contributed by atoms with E-state index in [1.165, 1.54) is 23.5 Å². The van der Waals surface area contributed by atoms with E-state index in [9.17, 15) is 14.0 Å².